The van der Waals surface area contributed by atoms with Crippen LogP contribution in [0.1, 0.15) is 23.2 Å². The first-order chi connectivity index (χ1) is 10.6. The van der Waals surface area contributed by atoms with Crippen LogP contribution >= 0.6 is 11.8 Å². The predicted molar refractivity (Wildman–Crippen MR) is 80.6 cm³/mol. The molecule has 120 valence electrons. The van der Waals surface area contributed by atoms with Crippen molar-refractivity contribution >= 4 is 29.6 Å². The SMILES string of the molecule is COC(=O)CCCNC(=O)COC(=O)c1cccnc1SC. The van der Waals surface area contributed by atoms with Crippen LogP contribution in [-0.4, -0.2) is 49.3 Å². The van der Waals surface area contributed by atoms with Gasteiger partial charge < -0.3 is 14.8 Å². The maximum absolute atomic E-state index is 11.9. The van der Waals surface area contributed by atoms with Crippen molar-refractivity contribution in [2.24, 2.45) is 0 Å². The molecule has 1 amide bonds. The minimum absolute atomic E-state index is 0.226. The predicted octanol–water partition coefficient (Wildman–Crippen LogP) is 1.03. The first-order valence-electron chi connectivity index (χ1n) is 6.58. The fourth-order valence-electron chi connectivity index (χ4n) is 1.53. The Morgan fingerprint density at radius 2 is 2.14 bits per heavy atom. The molecule has 0 radical (unpaired) electrons. The molecule has 0 aliphatic heterocycles. The van der Waals surface area contributed by atoms with Gasteiger partial charge in [-0.1, -0.05) is 0 Å². The molecule has 0 aromatic carbocycles. The summed E-state index contributed by atoms with van der Waals surface area (Å²) < 4.78 is 9.41. The van der Waals surface area contributed by atoms with Crippen LogP contribution in [0.4, 0.5) is 0 Å². The van der Waals surface area contributed by atoms with E-state index in [-0.39, 0.29) is 19.0 Å². The molecule has 0 bridgehead atoms. The van der Waals surface area contributed by atoms with Crippen molar-refractivity contribution in [2.75, 3.05) is 26.5 Å². The number of hydrogen-bond donors (Lipinski definition) is 1. The number of aromatic nitrogens is 1. The molecule has 0 saturated carbocycles. The van der Waals surface area contributed by atoms with E-state index < -0.39 is 11.9 Å². The molecule has 1 rings (SSSR count). The molecular formula is C14H18N2O5S. The highest BCUT2D eigenvalue weighted by Crippen LogP contribution is 2.17. The Kier molecular flexibility index (Phi) is 7.98. The molecule has 1 aromatic heterocycles. The molecule has 0 aliphatic carbocycles. The average Bonchev–Trinajstić information content (AvgIpc) is 2.56. The zero-order valence-electron chi connectivity index (χ0n) is 12.5. The van der Waals surface area contributed by atoms with Crippen molar-refractivity contribution < 1.29 is 23.9 Å². The van der Waals surface area contributed by atoms with E-state index in [4.69, 9.17) is 4.74 Å². The van der Waals surface area contributed by atoms with Crippen LogP contribution in [-0.2, 0) is 19.1 Å². The smallest absolute Gasteiger partial charge is 0.341 e. The van der Waals surface area contributed by atoms with Crippen LogP contribution in [0.5, 0.6) is 0 Å². The van der Waals surface area contributed by atoms with E-state index >= 15 is 0 Å². The Labute approximate surface area is 132 Å². The van der Waals surface area contributed by atoms with Crippen molar-refractivity contribution in [3.05, 3.63) is 23.9 Å². The van der Waals surface area contributed by atoms with Gasteiger partial charge in [-0.05, 0) is 24.8 Å². The number of ether oxygens (including phenoxy) is 2. The average molecular weight is 326 g/mol. The highest BCUT2D eigenvalue weighted by atomic mass is 32.2. The van der Waals surface area contributed by atoms with E-state index in [1.54, 1.807) is 24.6 Å². The second kappa shape index (κ2) is 9.78. The Hall–Kier alpha value is -2.09. The Bertz CT molecular complexity index is 536. The molecule has 22 heavy (non-hydrogen) atoms. The number of nitrogens with zero attached hydrogens (tertiary/aromatic N) is 1. The van der Waals surface area contributed by atoms with Crippen LogP contribution in [0.2, 0.25) is 0 Å². The molecule has 1 heterocycles. The van der Waals surface area contributed by atoms with E-state index in [0.29, 0.717) is 23.6 Å². The van der Waals surface area contributed by atoms with Gasteiger partial charge in [0.15, 0.2) is 6.61 Å². The van der Waals surface area contributed by atoms with Gasteiger partial charge in [0.05, 0.1) is 12.7 Å². The molecule has 8 heteroatoms. The normalized spacial score (nSPS) is 9.91. The summed E-state index contributed by atoms with van der Waals surface area (Å²) in [4.78, 5) is 38.3. The number of methoxy groups -OCH3 is 1. The standard InChI is InChI=1S/C14H18N2O5S/c1-20-12(18)6-4-7-15-11(17)9-21-14(19)10-5-3-8-16-13(10)22-2/h3,5,8H,4,6-7,9H2,1-2H3,(H,15,17). The molecule has 0 fully saturated rings. The van der Waals surface area contributed by atoms with Gasteiger partial charge >= 0.3 is 11.9 Å². The third kappa shape index (κ3) is 6.13. The number of esters is 2. The maximum Gasteiger partial charge on any atom is 0.341 e. The largest absolute Gasteiger partial charge is 0.469 e. The summed E-state index contributed by atoms with van der Waals surface area (Å²) in [7, 11) is 1.31. The lowest BCUT2D eigenvalue weighted by Crippen LogP contribution is -2.30. The number of carbonyl (C=O) groups excluding carboxylic acids is 3. The van der Waals surface area contributed by atoms with Crippen LogP contribution in [0.15, 0.2) is 23.4 Å². The van der Waals surface area contributed by atoms with Gasteiger partial charge in [-0.2, -0.15) is 0 Å². The lowest BCUT2D eigenvalue weighted by atomic mass is 10.3. The van der Waals surface area contributed by atoms with Gasteiger partial charge in [-0.3, -0.25) is 9.59 Å². The van der Waals surface area contributed by atoms with Gasteiger partial charge in [-0.25, -0.2) is 9.78 Å². The van der Waals surface area contributed by atoms with E-state index in [0.717, 1.165) is 0 Å². The number of thioether (sulfide) groups is 1. The Balaban J connectivity index is 2.31. The van der Waals surface area contributed by atoms with Crippen LogP contribution in [0, 0.1) is 0 Å². The summed E-state index contributed by atoms with van der Waals surface area (Å²) in [5.74, 6) is -1.35. The summed E-state index contributed by atoms with van der Waals surface area (Å²) in [5, 5.41) is 3.10. The molecule has 0 spiro atoms. The molecule has 0 unspecified atom stereocenters. The van der Waals surface area contributed by atoms with Crippen molar-refractivity contribution in [3.63, 3.8) is 0 Å². The third-order valence-electron chi connectivity index (χ3n) is 2.63. The first-order valence-corrected chi connectivity index (χ1v) is 7.80. The van der Waals surface area contributed by atoms with Gasteiger partial charge in [-0.15, -0.1) is 11.8 Å². The highest BCUT2D eigenvalue weighted by molar-refractivity contribution is 7.98. The van der Waals surface area contributed by atoms with Crippen molar-refractivity contribution in [1.82, 2.24) is 10.3 Å². The number of carbonyl (C=O) groups is 3. The monoisotopic (exact) mass is 326 g/mol. The van der Waals surface area contributed by atoms with E-state index in [1.807, 2.05) is 0 Å². The fourth-order valence-corrected chi connectivity index (χ4v) is 2.07. The number of rotatable bonds is 8. The topological polar surface area (TPSA) is 94.6 Å². The highest BCUT2D eigenvalue weighted by Gasteiger charge is 2.14. The van der Waals surface area contributed by atoms with Gasteiger partial charge in [0, 0.05) is 19.2 Å². The minimum Gasteiger partial charge on any atom is -0.469 e. The summed E-state index contributed by atoms with van der Waals surface area (Å²) >= 11 is 1.32. The Morgan fingerprint density at radius 1 is 1.36 bits per heavy atom. The summed E-state index contributed by atoms with van der Waals surface area (Å²) in [6, 6.07) is 3.22. The maximum atomic E-state index is 11.9. The van der Waals surface area contributed by atoms with E-state index in [2.05, 4.69) is 15.0 Å². The van der Waals surface area contributed by atoms with Crippen molar-refractivity contribution in [1.29, 1.82) is 0 Å². The lowest BCUT2D eigenvalue weighted by molar-refractivity contribution is -0.140. The summed E-state index contributed by atoms with van der Waals surface area (Å²) in [6.45, 7) is -0.0613. The molecule has 0 atom stereocenters. The number of hydrogen-bond acceptors (Lipinski definition) is 7. The van der Waals surface area contributed by atoms with E-state index in [9.17, 15) is 14.4 Å². The fraction of sp³-hybridized carbons (Fsp3) is 0.429. The van der Waals surface area contributed by atoms with Gasteiger partial charge in [0.25, 0.3) is 5.91 Å². The third-order valence-corrected chi connectivity index (χ3v) is 3.34. The molecule has 0 saturated heterocycles. The van der Waals surface area contributed by atoms with Crippen molar-refractivity contribution in [2.45, 2.75) is 17.9 Å². The summed E-state index contributed by atoms with van der Waals surface area (Å²) in [6.07, 6.45) is 4.07. The van der Waals surface area contributed by atoms with Crippen LogP contribution in [0.25, 0.3) is 0 Å². The molecule has 1 aromatic rings. The van der Waals surface area contributed by atoms with Crippen LogP contribution in [0.3, 0.4) is 0 Å². The molecule has 0 aliphatic rings. The quantitative estimate of drug-likeness (QED) is 0.433. The minimum atomic E-state index is -0.595. The number of nitrogens with one attached hydrogen (secondary N) is 1. The number of amides is 1. The van der Waals surface area contributed by atoms with Crippen LogP contribution < -0.4 is 5.32 Å². The zero-order valence-corrected chi connectivity index (χ0v) is 13.3. The van der Waals surface area contributed by atoms with Gasteiger partial charge in [0.2, 0.25) is 0 Å². The molecular weight excluding hydrogens is 308 g/mol. The molecule has 7 nitrogen and oxygen atoms in total. The zero-order chi connectivity index (χ0) is 16.4. The second-order valence-electron chi connectivity index (χ2n) is 4.17. The summed E-state index contributed by atoms with van der Waals surface area (Å²) in [5.41, 5.74) is 0.327. The lowest BCUT2D eigenvalue weighted by Gasteiger charge is -2.08. The van der Waals surface area contributed by atoms with Gasteiger partial charge in [0.1, 0.15) is 5.03 Å². The van der Waals surface area contributed by atoms with Crippen molar-refractivity contribution in [3.8, 4) is 0 Å². The Morgan fingerprint density at radius 3 is 2.82 bits per heavy atom. The second-order valence-corrected chi connectivity index (χ2v) is 4.96. The first kappa shape index (κ1) is 18.0. The molecule has 1 N–H and O–H groups in total. The number of pyridine rings is 1. The van der Waals surface area contributed by atoms with E-state index in [1.165, 1.54) is 18.9 Å².